The Morgan fingerprint density at radius 1 is 1.45 bits per heavy atom. The van der Waals surface area contributed by atoms with Crippen LogP contribution in [-0.2, 0) is 11.2 Å². The fourth-order valence-corrected chi connectivity index (χ4v) is 2.93. The molecule has 0 saturated heterocycles. The van der Waals surface area contributed by atoms with Gasteiger partial charge in [-0.15, -0.1) is 0 Å². The van der Waals surface area contributed by atoms with Crippen LogP contribution in [0.5, 0.6) is 0 Å². The number of ether oxygens (including phenoxy) is 1. The summed E-state index contributed by atoms with van der Waals surface area (Å²) < 4.78 is 5.25. The summed E-state index contributed by atoms with van der Waals surface area (Å²) in [4.78, 5) is 2.42. The van der Waals surface area contributed by atoms with Gasteiger partial charge in [0.2, 0.25) is 0 Å². The molecule has 0 amide bonds. The van der Waals surface area contributed by atoms with E-state index in [9.17, 15) is 0 Å². The van der Waals surface area contributed by atoms with Gasteiger partial charge in [-0.1, -0.05) is 17.7 Å². The van der Waals surface area contributed by atoms with Gasteiger partial charge in [0.25, 0.3) is 0 Å². The summed E-state index contributed by atoms with van der Waals surface area (Å²) in [6.45, 7) is 4.57. The molecule has 0 aliphatic heterocycles. The van der Waals surface area contributed by atoms with E-state index in [-0.39, 0.29) is 0 Å². The predicted octanol–water partition coefficient (Wildman–Crippen LogP) is 3.09. The van der Waals surface area contributed by atoms with E-state index in [0.717, 1.165) is 36.1 Å². The zero-order chi connectivity index (χ0) is 14.5. The Labute approximate surface area is 127 Å². The number of hydrogen-bond donors (Lipinski definition) is 1. The molecule has 2 rings (SSSR count). The van der Waals surface area contributed by atoms with E-state index >= 15 is 0 Å². The van der Waals surface area contributed by atoms with Crippen molar-refractivity contribution < 1.29 is 4.74 Å². The lowest BCUT2D eigenvalue weighted by Gasteiger charge is -2.31. The molecule has 112 valence electrons. The standard InChI is InChI=1S/C16H25ClN2O/c1-12(13-3-4-13)19(9-10-20-2)15-6-5-14(7-8-18)16(17)11-15/h5-6,11-13H,3-4,7-10,18H2,1-2H3. The van der Waals surface area contributed by atoms with Crippen molar-refractivity contribution >= 4 is 17.3 Å². The second-order valence-electron chi connectivity index (χ2n) is 5.58. The van der Waals surface area contributed by atoms with Gasteiger partial charge >= 0.3 is 0 Å². The maximum Gasteiger partial charge on any atom is 0.0637 e. The van der Waals surface area contributed by atoms with Crippen molar-refractivity contribution in [3.63, 3.8) is 0 Å². The van der Waals surface area contributed by atoms with Gasteiger partial charge in [-0.05, 0) is 56.3 Å². The van der Waals surface area contributed by atoms with Gasteiger partial charge in [-0.2, -0.15) is 0 Å². The van der Waals surface area contributed by atoms with Gasteiger partial charge in [0.15, 0.2) is 0 Å². The summed E-state index contributed by atoms with van der Waals surface area (Å²) in [5.41, 5.74) is 7.92. The van der Waals surface area contributed by atoms with Crippen LogP contribution in [0.3, 0.4) is 0 Å². The molecule has 1 aliphatic rings. The van der Waals surface area contributed by atoms with Crippen molar-refractivity contribution in [2.24, 2.45) is 11.7 Å². The Balaban J connectivity index is 2.16. The van der Waals surface area contributed by atoms with Crippen molar-refractivity contribution in [2.45, 2.75) is 32.2 Å². The summed E-state index contributed by atoms with van der Waals surface area (Å²) in [5.74, 6) is 0.814. The Kier molecular flexibility index (Phi) is 5.70. The number of halogens is 1. The molecule has 1 aromatic carbocycles. The van der Waals surface area contributed by atoms with Crippen LogP contribution in [0.1, 0.15) is 25.3 Å². The Bertz CT molecular complexity index is 434. The minimum absolute atomic E-state index is 0.543. The molecule has 0 bridgehead atoms. The molecule has 1 aromatic rings. The first-order valence-corrected chi connectivity index (χ1v) is 7.79. The third kappa shape index (κ3) is 3.87. The van der Waals surface area contributed by atoms with Crippen LogP contribution in [0.15, 0.2) is 18.2 Å². The second-order valence-corrected chi connectivity index (χ2v) is 5.99. The smallest absolute Gasteiger partial charge is 0.0637 e. The minimum atomic E-state index is 0.543. The zero-order valence-corrected chi connectivity index (χ0v) is 13.2. The molecule has 0 radical (unpaired) electrons. The molecule has 1 saturated carbocycles. The predicted molar refractivity (Wildman–Crippen MR) is 85.6 cm³/mol. The van der Waals surface area contributed by atoms with E-state index in [1.165, 1.54) is 18.5 Å². The van der Waals surface area contributed by atoms with Crippen LogP contribution in [0.4, 0.5) is 5.69 Å². The Morgan fingerprint density at radius 2 is 2.20 bits per heavy atom. The Hall–Kier alpha value is -0.770. The number of anilines is 1. The van der Waals surface area contributed by atoms with Crippen LogP contribution < -0.4 is 10.6 Å². The first-order valence-electron chi connectivity index (χ1n) is 7.41. The van der Waals surface area contributed by atoms with Gasteiger partial charge < -0.3 is 15.4 Å². The molecular formula is C16H25ClN2O. The van der Waals surface area contributed by atoms with Gasteiger partial charge in [-0.25, -0.2) is 0 Å². The van der Waals surface area contributed by atoms with Crippen LogP contribution in [0.2, 0.25) is 5.02 Å². The number of hydrogen-bond acceptors (Lipinski definition) is 3. The van der Waals surface area contributed by atoms with Crippen molar-refractivity contribution in [3.8, 4) is 0 Å². The van der Waals surface area contributed by atoms with E-state index in [1.807, 2.05) is 0 Å². The molecule has 1 fully saturated rings. The molecule has 1 unspecified atom stereocenters. The SMILES string of the molecule is COCCN(c1ccc(CCN)c(Cl)c1)C(C)C1CC1. The van der Waals surface area contributed by atoms with E-state index in [4.69, 9.17) is 22.1 Å². The summed E-state index contributed by atoms with van der Waals surface area (Å²) in [6.07, 6.45) is 3.50. The van der Waals surface area contributed by atoms with Crippen molar-refractivity contribution in [1.29, 1.82) is 0 Å². The summed E-state index contributed by atoms with van der Waals surface area (Å²) in [7, 11) is 1.75. The molecule has 0 heterocycles. The maximum absolute atomic E-state index is 6.37. The van der Waals surface area contributed by atoms with E-state index in [1.54, 1.807) is 7.11 Å². The number of methoxy groups -OCH3 is 1. The average Bonchev–Trinajstić information content (AvgIpc) is 3.26. The summed E-state index contributed by atoms with van der Waals surface area (Å²) in [5, 5.41) is 0.818. The number of nitrogens with zero attached hydrogens (tertiary/aromatic N) is 1. The quantitative estimate of drug-likeness (QED) is 0.801. The third-order valence-corrected chi connectivity index (χ3v) is 4.47. The van der Waals surface area contributed by atoms with Crippen LogP contribution in [0, 0.1) is 5.92 Å². The molecule has 0 aromatic heterocycles. The lowest BCUT2D eigenvalue weighted by molar-refractivity contribution is 0.202. The van der Waals surface area contributed by atoms with Crippen LogP contribution in [-0.4, -0.2) is 32.8 Å². The molecular weight excluding hydrogens is 272 g/mol. The highest BCUT2D eigenvalue weighted by Gasteiger charge is 2.32. The highest BCUT2D eigenvalue weighted by molar-refractivity contribution is 6.31. The minimum Gasteiger partial charge on any atom is -0.383 e. The van der Waals surface area contributed by atoms with E-state index < -0.39 is 0 Å². The number of nitrogens with two attached hydrogens (primary N) is 1. The molecule has 1 atom stereocenters. The first kappa shape index (κ1) is 15.6. The highest BCUT2D eigenvalue weighted by Crippen LogP contribution is 2.37. The molecule has 4 heteroatoms. The van der Waals surface area contributed by atoms with Crippen LogP contribution in [0.25, 0.3) is 0 Å². The van der Waals surface area contributed by atoms with Crippen LogP contribution >= 0.6 is 11.6 Å². The molecule has 0 spiro atoms. The Morgan fingerprint density at radius 3 is 2.75 bits per heavy atom. The maximum atomic E-state index is 6.37. The second kappa shape index (κ2) is 7.30. The summed E-state index contributed by atoms with van der Waals surface area (Å²) >= 11 is 6.37. The summed E-state index contributed by atoms with van der Waals surface area (Å²) in [6, 6.07) is 6.87. The topological polar surface area (TPSA) is 38.5 Å². The number of rotatable bonds is 8. The van der Waals surface area contributed by atoms with E-state index in [0.29, 0.717) is 12.6 Å². The molecule has 20 heavy (non-hydrogen) atoms. The van der Waals surface area contributed by atoms with Gasteiger partial charge in [0, 0.05) is 30.4 Å². The third-order valence-electron chi connectivity index (χ3n) is 4.11. The van der Waals surface area contributed by atoms with Crippen molar-refractivity contribution in [2.75, 3.05) is 31.7 Å². The highest BCUT2D eigenvalue weighted by atomic mass is 35.5. The number of benzene rings is 1. The lowest BCUT2D eigenvalue weighted by atomic mass is 10.1. The van der Waals surface area contributed by atoms with Gasteiger partial charge in [0.05, 0.1) is 6.61 Å². The van der Waals surface area contributed by atoms with E-state index in [2.05, 4.69) is 30.0 Å². The fourth-order valence-electron chi connectivity index (χ4n) is 2.66. The molecule has 2 N–H and O–H groups in total. The van der Waals surface area contributed by atoms with Gasteiger partial charge in [0.1, 0.15) is 0 Å². The zero-order valence-electron chi connectivity index (χ0n) is 12.4. The van der Waals surface area contributed by atoms with Gasteiger partial charge in [-0.3, -0.25) is 0 Å². The normalized spacial score (nSPS) is 16.2. The first-order chi connectivity index (χ1) is 9.67. The molecule has 3 nitrogen and oxygen atoms in total. The molecule has 1 aliphatic carbocycles. The van der Waals surface area contributed by atoms with Crippen molar-refractivity contribution in [3.05, 3.63) is 28.8 Å². The fraction of sp³-hybridized carbons (Fsp3) is 0.625. The average molecular weight is 297 g/mol. The van der Waals surface area contributed by atoms with Crippen molar-refractivity contribution in [1.82, 2.24) is 0 Å². The lowest BCUT2D eigenvalue weighted by Crippen LogP contribution is -2.37. The monoisotopic (exact) mass is 296 g/mol. The largest absolute Gasteiger partial charge is 0.383 e.